The monoisotopic (exact) mass is 560 g/mol. The van der Waals surface area contributed by atoms with Crippen molar-refractivity contribution in [3.05, 3.63) is 97.4 Å². The number of benzene rings is 3. The number of hydrazone groups is 1. The average Bonchev–Trinajstić information content (AvgIpc) is 3.11. The van der Waals surface area contributed by atoms with Crippen LogP contribution in [0.3, 0.4) is 0 Å². The van der Waals surface area contributed by atoms with Gasteiger partial charge < -0.3 is 4.74 Å². The van der Waals surface area contributed by atoms with Gasteiger partial charge in [0, 0.05) is 13.7 Å². The molecule has 0 radical (unpaired) electrons. The van der Waals surface area contributed by atoms with Crippen LogP contribution < -0.4 is 10.2 Å². The second kappa shape index (κ2) is 9.59. The fourth-order valence-corrected chi connectivity index (χ4v) is 4.85. The molecule has 31 heavy (non-hydrogen) atoms. The van der Waals surface area contributed by atoms with Gasteiger partial charge in [0.2, 0.25) is 0 Å². The molecular formula is C23H14ClIN2O3S. The third kappa shape index (κ3) is 4.95. The van der Waals surface area contributed by atoms with Crippen LogP contribution in [-0.4, -0.2) is 18.1 Å². The summed E-state index contributed by atoms with van der Waals surface area (Å²) in [5.74, 6) is -0.470. The molecule has 1 amide bonds. The number of esters is 1. The number of nitrogens with zero attached hydrogens (tertiary/aromatic N) is 1. The third-order valence-corrected chi connectivity index (χ3v) is 6.88. The Morgan fingerprint density at radius 3 is 2.61 bits per heavy atom. The summed E-state index contributed by atoms with van der Waals surface area (Å²) in [4.78, 5) is 25.2. The summed E-state index contributed by atoms with van der Waals surface area (Å²) in [6.07, 6.45) is 1.48. The van der Waals surface area contributed by atoms with Crippen molar-refractivity contribution < 1.29 is 14.3 Å². The highest BCUT2D eigenvalue weighted by Gasteiger charge is 2.19. The Kier molecular flexibility index (Phi) is 6.64. The van der Waals surface area contributed by atoms with E-state index in [-0.39, 0.29) is 5.91 Å². The fourth-order valence-electron chi connectivity index (χ4n) is 2.83. The Balaban J connectivity index is 1.45. The third-order valence-electron chi connectivity index (χ3n) is 4.29. The first-order valence-corrected chi connectivity index (χ1v) is 11.4. The molecule has 0 saturated heterocycles. The van der Waals surface area contributed by atoms with Crippen molar-refractivity contribution in [1.82, 2.24) is 5.43 Å². The highest BCUT2D eigenvalue weighted by molar-refractivity contribution is 14.1. The van der Waals surface area contributed by atoms with Crippen LogP contribution in [0.4, 0.5) is 0 Å². The minimum absolute atomic E-state index is 0.303. The van der Waals surface area contributed by atoms with Crippen molar-refractivity contribution >= 4 is 73.7 Å². The lowest BCUT2D eigenvalue weighted by atomic mass is 10.2. The number of nitrogens with one attached hydrogen (secondary N) is 1. The number of carbonyl (C=O) groups is 2. The van der Waals surface area contributed by atoms with Gasteiger partial charge in [-0.25, -0.2) is 10.2 Å². The molecule has 1 N–H and O–H groups in total. The molecular weight excluding hydrogens is 547 g/mol. The molecule has 3 aromatic carbocycles. The van der Waals surface area contributed by atoms with Crippen LogP contribution in [0.2, 0.25) is 5.02 Å². The standard InChI is InChI=1S/C23H14ClIN2O3S/c24-20-17-9-2-4-11-19(17)31-21(20)23(29)30-15-7-5-6-14(12-15)13-26-27-22(28)16-8-1-3-10-18(16)25/h1-13H,(H,27,28)/b26-13+. The molecule has 8 heteroatoms. The first-order chi connectivity index (χ1) is 15.0. The van der Waals surface area contributed by atoms with E-state index in [1.807, 2.05) is 36.4 Å². The van der Waals surface area contributed by atoms with E-state index in [4.69, 9.17) is 16.3 Å². The Hall–Kier alpha value is -2.75. The molecule has 154 valence electrons. The lowest BCUT2D eigenvalue weighted by Gasteiger charge is -2.04. The van der Waals surface area contributed by atoms with Crippen molar-refractivity contribution in [2.75, 3.05) is 0 Å². The van der Waals surface area contributed by atoms with Gasteiger partial charge in [-0.15, -0.1) is 11.3 Å². The van der Waals surface area contributed by atoms with E-state index in [0.717, 1.165) is 13.7 Å². The summed E-state index contributed by atoms with van der Waals surface area (Å²) in [6, 6.07) is 21.6. The number of hydrogen-bond acceptors (Lipinski definition) is 5. The van der Waals surface area contributed by atoms with E-state index >= 15 is 0 Å². The summed E-state index contributed by atoms with van der Waals surface area (Å²) in [6.45, 7) is 0. The lowest BCUT2D eigenvalue weighted by Crippen LogP contribution is -2.18. The zero-order chi connectivity index (χ0) is 21.8. The highest BCUT2D eigenvalue weighted by Crippen LogP contribution is 2.35. The van der Waals surface area contributed by atoms with Crippen molar-refractivity contribution in [1.29, 1.82) is 0 Å². The van der Waals surface area contributed by atoms with Crippen molar-refractivity contribution in [3.8, 4) is 5.75 Å². The Morgan fingerprint density at radius 2 is 1.81 bits per heavy atom. The van der Waals surface area contributed by atoms with Crippen molar-refractivity contribution in [2.24, 2.45) is 5.10 Å². The average molecular weight is 561 g/mol. The molecule has 0 aliphatic carbocycles. The van der Waals surface area contributed by atoms with Crippen LogP contribution in [0.25, 0.3) is 10.1 Å². The van der Waals surface area contributed by atoms with E-state index < -0.39 is 5.97 Å². The number of thiophene rings is 1. The molecule has 5 nitrogen and oxygen atoms in total. The molecule has 0 fully saturated rings. The van der Waals surface area contributed by atoms with Gasteiger partial charge in [-0.3, -0.25) is 4.79 Å². The largest absolute Gasteiger partial charge is 0.422 e. The fraction of sp³-hybridized carbons (Fsp3) is 0. The molecule has 1 heterocycles. The van der Waals surface area contributed by atoms with E-state index in [9.17, 15) is 9.59 Å². The number of fused-ring (bicyclic) bond motifs is 1. The number of hydrogen-bond donors (Lipinski definition) is 1. The maximum atomic E-state index is 12.6. The van der Waals surface area contributed by atoms with Gasteiger partial charge in [-0.1, -0.05) is 54.1 Å². The molecule has 1 aromatic heterocycles. The molecule has 0 spiro atoms. The van der Waals surface area contributed by atoms with Gasteiger partial charge in [-0.2, -0.15) is 5.10 Å². The van der Waals surface area contributed by atoms with Crippen molar-refractivity contribution in [2.45, 2.75) is 0 Å². The van der Waals surface area contributed by atoms with Crippen molar-refractivity contribution in [3.63, 3.8) is 0 Å². The SMILES string of the molecule is O=C(N/N=C/c1cccc(OC(=O)c2sc3ccccc3c2Cl)c1)c1ccccc1I. The number of amides is 1. The second-order valence-corrected chi connectivity index (χ2v) is 8.97. The minimum atomic E-state index is -0.521. The smallest absolute Gasteiger partial charge is 0.355 e. The van der Waals surface area contributed by atoms with Gasteiger partial charge in [0.05, 0.1) is 16.8 Å². The minimum Gasteiger partial charge on any atom is -0.422 e. The van der Waals surface area contributed by atoms with E-state index in [1.54, 1.807) is 36.4 Å². The van der Waals surface area contributed by atoms with Crippen LogP contribution in [0.5, 0.6) is 5.75 Å². The van der Waals surface area contributed by atoms with Gasteiger partial charge in [0.15, 0.2) is 0 Å². The van der Waals surface area contributed by atoms with Gasteiger partial charge in [-0.05, 0) is 58.5 Å². The highest BCUT2D eigenvalue weighted by atomic mass is 127. The number of ether oxygens (including phenoxy) is 1. The van der Waals surface area contributed by atoms with Gasteiger partial charge in [0.1, 0.15) is 10.6 Å². The Labute approximate surface area is 200 Å². The molecule has 0 atom stereocenters. The number of carbonyl (C=O) groups excluding carboxylic acids is 2. The summed E-state index contributed by atoms with van der Waals surface area (Å²) in [5, 5.41) is 5.21. The maximum Gasteiger partial charge on any atom is 0.355 e. The van der Waals surface area contributed by atoms with E-state index in [2.05, 4.69) is 33.1 Å². The van der Waals surface area contributed by atoms with Crippen LogP contribution in [-0.2, 0) is 0 Å². The number of halogens is 2. The van der Waals surface area contributed by atoms with E-state index in [1.165, 1.54) is 17.6 Å². The van der Waals surface area contributed by atoms with Crippen LogP contribution in [0, 0.1) is 3.57 Å². The zero-order valence-corrected chi connectivity index (χ0v) is 19.6. The summed E-state index contributed by atoms with van der Waals surface area (Å²) in [7, 11) is 0. The predicted molar refractivity (Wildman–Crippen MR) is 132 cm³/mol. The normalized spacial score (nSPS) is 11.0. The van der Waals surface area contributed by atoms with E-state index in [0.29, 0.717) is 26.8 Å². The summed E-state index contributed by atoms with van der Waals surface area (Å²) in [5.41, 5.74) is 3.71. The predicted octanol–water partition coefficient (Wildman–Crippen LogP) is 6.14. The Bertz CT molecular complexity index is 1320. The maximum absolute atomic E-state index is 12.6. The van der Waals surface area contributed by atoms with Gasteiger partial charge >= 0.3 is 5.97 Å². The topological polar surface area (TPSA) is 67.8 Å². The number of rotatable bonds is 5. The summed E-state index contributed by atoms with van der Waals surface area (Å²) >= 11 is 9.74. The first kappa shape index (κ1) is 21.5. The molecule has 0 unspecified atom stereocenters. The first-order valence-electron chi connectivity index (χ1n) is 9.10. The summed E-state index contributed by atoms with van der Waals surface area (Å²) < 4.78 is 7.26. The lowest BCUT2D eigenvalue weighted by molar-refractivity contribution is 0.0740. The molecule has 0 aliphatic rings. The molecule has 0 aliphatic heterocycles. The quantitative estimate of drug-likeness (QED) is 0.105. The molecule has 4 aromatic rings. The second-order valence-electron chi connectivity index (χ2n) is 6.38. The van der Waals surface area contributed by atoms with Crippen LogP contribution >= 0.6 is 45.5 Å². The zero-order valence-electron chi connectivity index (χ0n) is 15.8. The Morgan fingerprint density at radius 1 is 1.03 bits per heavy atom. The van der Waals surface area contributed by atoms with Crippen LogP contribution in [0.1, 0.15) is 25.6 Å². The van der Waals surface area contributed by atoms with Gasteiger partial charge in [0.25, 0.3) is 5.91 Å². The molecule has 0 saturated carbocycles. The molecule has 0 bridgehead atoms. The van der Waals surface area contributed by atoms with Crippen LogP contribution in [0.15, 0.2) is 77.9 Å². The molecule has 4 rings (SSSR count).